The Morgan fingerprint density at radius 2 is 1.79 bits per heavy atom. The second-order valence-electron chi connectivity index (χ2n) is 4.47. The molecule has 0 unspecified atom stereocenters. The Kier molecular flexibility index (Phi) is 7.84. The first-order valence-corrected chi connectivity index (χ1v) is 8.71. The van der Waals surface area contributed by atoms with Gasteiger partial charge >= 0.3 is 0 Å². The lowest BCUT2D eigenvalue weighted by atomic mass is 10.1. The Bertz CT molecular complexity index is 390. The molecule has 0 aliphatic heterocycles. The van der Waals surface area contributed by atoms with E-state index in [0.29, 0.717) is 12.5 Å². The molecule has 19 heavy (non-hydrogen) atoms. The molecule has 0 aliphatic rings. The number of benzene rings is 1. The molecule has 0 heterocycles. The second kappa shape index (κ2) is 8.85. The summed E-state index contributed by atoms with van der Waals surface area (Å²) in [4.78, 5) is 0. The van der Waals surface area contributed by atoms with Crippen LogP contribution in [0, 0.1) is 5.92 Å². The minimum absolute atomic E-state index is 0.595. The summed E-state index contributed by atoms with van der Waals surface area (Å²) in [6.07, 6.45) is 2.27. The normalized spacial score (nSPS) is 10.8. The van der Waals surface area contributed by atoms with Crippen LogP contribution in [0.4, 0.5) is 0 Å². The minimum Gasteiger partial charge on any atom is -0.490 e. The molecule has 0 saturated heterocycles. The van der Waals surface area contributed by atoms with Crippen LogP contribution in [0.25, 0.3) is 0 Å². The van der Waals surface area contributed by atoms with Crippen LogP contribution in [0.15, 0.2) is 16.6 Å². The summed E-state index contributed by atoms with van der Waals surface area (Å²) >= 11 is 7.05. The van der Waals surface area contributed by atoms with E-state index in [4.69, 9.17) is 9.47 Å². The maximum absolute atomic E-state index is 5.98. The summed E-state index contributed by atoms with van der Waals surface area (Å²) in [7, 11) is 0. The molecule has 1 rings (SSSR count). The highest BCUT2D eigenvalue weighted by Crippen LogP contribution is 2.37. The molecule has 0 bridgehead atoms. The van der Waals surface area contributed by atoms with Gasteiger partial charge in [-0.1, -0.05) is 42.6 Å². The fourth-order valence-corrected chi connectivity index (χ4v) is 2.75. The molecule has 0 atom stereocenters. The Balaban J connectivity index is 2.91. The summed E-state index contributed by atoms with van der Waals surface area (Å²) in [6.45, 7) is 7.76. The Hall–Kier alpha value is -0.220. The van der Waals surface area contributed by atoms with Crippen LogP contribution in [0.5, 0.6) is 11.5 Å². The Morgan fingerprint density at radius 3 is 2.32 bits per heavy atom. The molecule has 0 aromatic heterocycles. The topological polar surface area (TPSA) is 18.5 Å². The summed E-state index contributed by atoms with van der Waals surface area (Å²) in [5.74, 6) is 2.23. The highest BCUT2D eigenvalue weighted by molar-refractivity contribution is 9.10. The zero-order chi connectivity index (χ0) is 14.3. The standard InChI is InChI=1S/C15H22Br2O2/c1-4-11(5-2)10-19-15-13(17)7-12(9-16)8-14(15)18-6-3/h7-8,11H,4-6,9-10H2,1-3H3. The van der Waals surface area contributed by atoms with Crippen molar-refractivity contribution in [1.29, 1.82) is 0 Å². The van der Waals surface area contributed by atoms with Gasteiger partial charge in [-0.3, -0.25) is 0 Å². The van der Waals surface area contributed by atoms with Gasteiger partial charge in [0.15, 0.2) is 11.5 Å². The van der Waals surface area contributed by atoms with Gasteiger partial charge in [-0.05, 0) is 46.5 Å². The quantitative estimate of drug-likeness (QED) is 0.538. The number of rotatable bonds is 8. The van der Waals surface area contributed by atoms with Crippen molar-refractivity contribution < 1.29 is 9.47 Å². The average Bonchev–Trinajstić information content (AvgIpc) is 2.42. The molecule has 0 radical (unpaired) electrons. The molecule has 108 valence electrons. The summed E-state index contributed by atoms with van der Waals surface area (Å²) in [5, 5.41) is 0.804. The third kappa shape index (κ3) is 4.99. The fourth-order valence-electron chi connectivity index (χ4n) is 1.83. The first-order valence-electron chi connectivity index (χ1n) is 6.80. The maximum Gasteiger partial charge on any atom is 0.175 e. The van der Waals surface area contributed by atoms with Gasteiger partial charge in [0.25, 0.3) is 0 Å². The molecule has 4 heteroatoms. The third-order valence-electron chi connectivity index (χ3n) is 3.14. The molecular weight excluding hydrogens is 372 g/mol. The van der Waals surface area contributed by atoms with Crippen molar-refractivity contribution in [2.45, 2.75) is 38.9 Å². The van der Waals surface area contributed by atoms with Crippen LogP contribution in [0.3, 0.4) is 0 Å². The zero-order valence-corrected chi connectivity index (χ0v) is 15.0. The summed E-state index contributed by atoms with van der Waals surface area (Å²) in [6, 6.07) is 4.10. The Labute approximate surface area is 133 Å². The van der Waals surface area contributed by atoms with Gasteiger partial charge in [0.1, 0.15) is 0 Å². The first kappa shape index (κ1) is 16.8. The summed E-state index contributed by atoms with van der Waals surface area (Å²) < 4.78 is 12.6. The molecule has 0 amide bonds. The molecule has 1 aromatic carbocycles. The number of hydrogen-bond donors (Lipinski definition) is 0. The van der Waals surface area contributed by atoms with Gasteiger partial charge in [-0.25, -0.2) is 0 Å². The number of halogens is 2. The predicted molar refractivity (Wildman–Crippen MR) is 87.5 cm³/mol. The van der Waals surface area contributed by atoms with E-state index in [-0.39, 0.29) is 0 Å². The molecule has 0 N–H and O–H groups in total. The first-order chi connectivity index (χ1) is 9.15. The van der Waals surface area contributed by atoms with Crippen molar-refractivity contribution in [2.24, 2.45) is 5.92 Å². The van der Waals surface area contributed by atoms with E-state index in [1.54, 1.807) is 0 Å². The minimum atomic E-state index is 0.595. The molecular formula is C15H22Br2O2. The predicted octanol–water partition coefficient (Wildman–Crippen LogP) is 5.56. The Morgan fingerprint density at radius 1 is 1.11 bits per heavy atom. The van der Waals surface area contributed by atoms with Crippen LogP contribution in [0.1, 0.15) is 39.2 Å². The van der Waals surface area contributed by atoms with Crippen molar-refractivity contribution in [3.8, 4) is 11.5 Å². The molecule has 0 fully saturated rings. The maximum atomic E-state index is 5.98. The molecule has 2 nitrogen and oxygen atoms in total. The number of hydrogen-bond acceptors (Lipinski definition) is 2. The fraction of sp³-hybridized carbons (Fsp3) is 0.600. The van der Waals surface area contributed by atoms with Gasteiger partial charge in [0.05, 0.1) is 17.7 Å². The van der Waals surface area contributed by atoms with Crippen LogP contribution >= 0.6 is 31.9 Å². The smallest absolute Gasteiger partial charge is 0.175 e. The van der Waals surface area contributed by atoms with E-state index < -0.39 is 0 Å². The number of ether oxygens (including phenoxy) is 2. The zero-order valence-electron chi connectivity index (χ0n) is 11.8. The molecule has 0 saturated carbocycles. The van der Waals surface area contributed by atoms with E-state index in [0.717, 1.165) is 40.8 Å². The van der Waals surface area contributed by atoms with Crippen LogP contribution < -0.4 is 9.47 Å². The van der Waals surface area contributed by atoms with Crippen LogP contribution in [-0.4, -0.2) is 13.2 Å². The van der Waals surface area contributed by atoms with Crippen molar-refractivity contribution in [2.75, 3.05) is 13.2 Å². The van der Waals surface area contributed by atoms with E-state index in [1.165, 1.54) is 5.56 Å². The van der Waals surface area contributed by atoms with Crippen LogP contribution in [-0.2, 0) is 5.33 Å². The highest BCUT2D eigenvalue weighted by Gasteiger charge is 2.14. The van der Waals surface area contributed by atoms with E-state index >= 15 is 0 Å². The van der Waals surface area contributed by atoms with Gasteiger partial charge in [0, 0.05) is 5.33 Å². The largest absolute Gasteiger partial charge is 0.490 e. The van der Waals surface area contributed by atoms with Crippen molar-refractivity contribution in [3.63, 3.8) is 0 Å². The van der Waals surface area contributed by atoms with Crippen molar-refractivity contribution in [1.82, 2.24) is 0 Å². The second-order valence-corrected chi connectivity index (χ2v) is 5.88. The molecule has 0 spiro atoms. The van der Waals surface area contributed by atoms with Gasteiger partial charge in [-0.15, -0.1) is 0 Å². The van der Waals surface area contributed by atoms with Crippen molar-refractivity contribution in [3.05, 3.63) is 22.2 Å². The van der Waals surface area contributed by atoms with E-state index in [2.05, 4.69) is 51.8 Å². The van der Waals surface area contributed by atoms with E-state index in [9.17, 15) is 0 Å². The third-order valence-corrected chi connectivity index (χ3v) is 4.38. The lowest BCUT2D eigenvalue weighted by Crippen LogP contribution is -2.11. The lowest BCUT2D eigenvalue weighted by Gasteiger charge is -2.18. The van der Waals surface area contributed by atoms with Crippen molar-refractivity contribution >= 4 is 31.9 Å². The average molecular weight is 394 g/mol. The lowest BCUT2D eigenvalue weighted by molar-refractivity contribution is 0.224. The summed E-state index contributed by atoms with van der Waals surface area (Å²) in [5.41, 5.74) is 1.17. The van der Waals surface area contributed by atoms with Gasteiger partial charge in [0.2, 0.25) is 0 Å². The molecule has 1 aromatic rings. The van der Waals surface area contributed by atoms with E-state index in [1.807, 2.05) is 13.0 Å². The number of alkyl halides is 1. The molecule has 0 aliphatic carbocycles. The van der Waals surface area contributed by atoms with Crippen LogP contribution in [0.2, 0.25) is 0 Å². The van der Waals surface area contributed by atoms with Gasteiger partial charge in [-0.2, -0.15) is 0 Å². The van der Waals surface area contributed by atoms with Gasteiger partial charge < -0.3 is 9.47 Å². The SMILES string of the molecule is CCOc1cc(CBr)cc(Br)c1OCC(CC)CC. The highest BCUT2D eigenvalue weighted by atomic mass is 79.9. The monoisotopic (exact) mass is 392 g/mol.